The van der Waals surface area contributed by atoms with Crippen LogP contribution < -0.4 is 4.74 Å². The number of ketones is 1. The first kappa shape index (κ1) is 21.8. The average molecular weight is 428 g/mol. The Morgan fingerprint density at radius 1 is 1.30 bits per heavy atom. The SMILES string of the molecule is COC(=O)OCC1CCc2c(sc(CC(=O)CCc3cccc(OC)c3)c2C#N)C1. The van der Waals surface area contributed by atoms with Crippen LogP contribution in [0.4, 0.5) is 4.79 Å². The number of ether oxygens (including phenoxy) is 3. The smallest absolute Gasteiger partial charge is 0.497 e. The zero-order valence-corrected chi connectivity index (χ0v) is 18.0. The van der Waals surface area contributed by atoms with Crippen LogP contribution in [0.3, 0.4) is 0 Å². The molecule has 0 aliphatic heterocycles. The molecule has 1 heterocycles. The highest BCUT2D eigenvalue weighted by molar-refractivity contribution is 7.12. The lowest BCUT2D eigenvalue weighted by Crippen LogP contribution is -2.20. The molecular weight excluding hydrogens is 402 g/mol. The second-order valence-electron chi connectivity index (χ2n) is 7.35. The fraction of sp³-hybridized carbons (Fsp3) is 0.435. The zero-order valence-electron chi connectivity index (χ0n) is 17.2. The Labute approximate surface area is 180 Å². The van der Waals surface area contributed by atoms with Crippen molar-refractivity contribution in [2.45, 2.75) is 38.5 Å². The lowest BCUT2D eigenvalue weighted by molar-refractivity contribution is -0.118. The van der Waals surface area contributed by atoms with Gasteiger partial charge in [-0.05, 0) is 54.9 Å². The first-order valence-corrected chi connectivity index (χ1v) is 10.7. The van der Waals surface area contributed by atoms with Crippen LogP contribution in [0.5, 0.6) is 5.75 Å². The van der Waals surface area contributed by atoms with Gasteiger partial charge in [0.15, 0.2) is 0 Å². The van der Waals surface area contributed by atoms with E-state index in [1.165, 1.54) is 7.11 Å². The molecule has 1 aromatic carbocycles. The Balaban J connectivity index is 1.61. The molecule has 0 radical (unpaired) electrons. The number of hydrogen-bond acceptors (Lipinski definition) is 7. The second-order valence-corrected chi connectivity index (χ2v) is 8.54. The molecule has 1 atom stereocenters. The molecule has 0 bridgehead atoms. The third kappa shape index (κ3) is 5.39. The Hall–Kier alpha value is -2.85. The quantitative estimate of drug-likeness (QED) is 0.585. The summed E-state index contributed by atoms with van der Waals surface area (Å²) >= 11 is 1.55. The number of fused-ring (bicyclic) bond motifs is 1. The highest BCUT2D eigenvalue weighted by Gasteiger charge is 2.27. The summed E-state index contributed by atoms with van der Waals surface area (Å²) in [5, 5.41) is 9.66. The lowest BCUT2D eigenvalue weighted by Gasteiger charge is -2.21. The van der Waals surface area contributed by atoms with Gasteiger partial charge in [-0.25, -0.2) is 4.79 Å². The van der Waals surface area contributed by atoms with Crippen LogP contribution >= 0.6 is 11.3 Å². The van der Waals surface area contributed by atoms with E-state index in [0.29, 0.717) is 25.0 Å². The summed E-state index contributed by atoms with van der Waals surface area (Å²) in [6.07, 6.45) is 3.05. The summed E-state index contributed by atoms with van der Waals surface area (Å²) in [5.74, 6) is 1.11. The largest absolute Gasteiger partial charge is 0.507 e. The number of nitrogens with zero attached hydrogens (tertiary/aromatic N) is 1. The van der Waals surface area contributed by atoms with Gasteiger partial charge in [-0.2, -0.15) is 5.26 Å². The van der Waals surface area contributed by atoms with Crippen LogP contribution in [0.2, 0.25) is 0 Å². The fourth-order valence-electron chi connectivity index (χ4n) is 3.73. The Kier molecular flexibility index (Phi) is 7.47. The van der Waals surface area contributed by atoms with Crippen LogP contribution in [0, 0.1) is 17.2 Å². The third-order valence-electron chi connectivity index (χ3n) is 5.34. The van der Waals surface area contributed by atoms with Crippen molar-refractivity contribution in [3.63, 3.8) is 0 Å². The maximum atomic E-state index is 12.6. The minimum Gasteiger partial charge on any atom is -0.497 e. The summed E-state index contributed by atoms with van der Waals surface area (Å²) in [7, 11) is 2.91. The van der Waals surface area contributed by atoms with Crippen LogP contribution in [0.25, 0.3) is 0 Å². The molecule has 0 saturated heterocycles. The number of thiophene rings is 1. The summed E-state index contributed by atoms with van der Waals surface area (Å²) in [6.45, 7) is 0.306. The predicted molar refractivity (Wildman–Crippen MR) is 113 cm³/mol. The third-order valence-corrected chi connectivity index (χ3v) is 6.59. The normalized spacial score (nSPS) is 15.0. The Bertz CT molecular complexity index is 959. The predicted octanol–water partition coefficient (Wildman–Crippen LogP) is 4.26. The number of rotatable bonds is 8. The van der Waals surface area contributed by atoms with Gasteiger partial charge in [-0.1, -0.05) is 12.1 Å². The van der Waals surface area contributed by atoms with Crippen molar-refractivity contribution >= 4 is 23.3 Å². The highest BCUT2D eigenvalue weighted by Crippen LogP contribution is 2.36. The molecule has 0 amide bonds. The Morgan fingerprint density at radius 2 is 2.13 bits per heavy atom. The second kappa shape index (κ2) is 10.3. The van der Waals surface area contributed by atoms with Crippen molar-refractivity contribution in [1.29, 1.82) is 5.26 Å². The molecule has 0 spiro atoms. The molecule has 2 aromatic rings. The van der Waals surface area contributed by atoms with Crippen molar-refractivity contribution in [2.24, 2.45) is 5.92 Å². The van der Waals surface area contributed by atoms with E-state index in [1.807, 2.05) is 24.3 Å². The van der Waals surface area contributed by atoms with E-state index in [2.05, 4.69) is 10.8 Å². The first-order valence-electron chi connectivity index (χ1n) is 9.93. The van der Waals surface area contributed by atoms with Crippen molar-refractivity contribution in [1.82, 2.24) is 0 Å². The van der Waals surface area contributed by atoms with E-state index in [4.69, 9.17) is 9.47 Å². The van der Waals surface area contributed by atoms with Gasteiger partial charge in [0.05, 0.1) is 26.4 Å². The number of carbonyl (C=O) groups is 2. The minimum atomic E-state index is -0.674. The number of benzene rings is 1. The maximum Gasteiger partial charge on any atom is 0.507 e. The first-order chi connectivity index (χ1) is 14.5. The van der Waals surface area contributed by atoms with E-state index >= 15 is 0 Å². The molecule has 7 heteroatoms. The number of aryl methyl sites for hydroxylation is 1. The number of nitriles is 1. The molecular formula is C23H25NO5S. The van der Waals surface area contributed by atoms with Crippen molar-refractivity contribution in [3.8, 4) is 11.8 Å². The van der Waals surface area contributed by atoms with Gasteiger partial charge < -0.3 is 14.2 Å². The van der Waals surface area contributed by atoms with E-state index in [0.717, 1.165) is 45.9 Å². The zero-order chi connectivity index (χ0) is 21.5. The van der Waals surface area contributed by atoms with Crippen LogP contribution in [-0.2, 0) is 40.0 Å². The molecule has 0 N–H and O–H groups in total. The van der Waals surface area contributed by atoms with E-state index < -0.39 is 6.16 Å². The molecule has 3 rings (SSSR count). The number of methoxy groups -OCH3 is 2. The summed E-state index contributed by atoms with van der Waals surface area (Å²) in [6, 6.07) is 10.0. The van der Waals surface area contributed by atoms with Gasteiger partial charge >= 0.3 is 6.16 Å². The molecule has 1 aliphatic rings. The lowest BCUT2D eigenvalue weighted by atomic mass is 9.87. The molecule has 1 unspecified atom stereocenters. The monoisotopic (exact) mass is 427 g/mol. The summed E-state index contributed by atoms with van der Waals surface area (Å²) in [5.41, 5.74) is 2.78. The minimum absolute atomic E-state index is 0.124. The number of hydrogen-bond donors (Lipinski definition) is 0. The van der Waals surface area contributed by atoms with Gasteiger partial charge in [-0.15, -0.1) is 11.3 Å². The highest BCUT2D eigenvalue weighted by atomic mass is 32.1. The van der Waals surface area contributed by atoms with E-state index in [1.54, 1.807) is 18.4 Å². The van der Waals surface area contributed by atoms with Gasteiger partial charge in [0, 0.05) is 22.6 Å². The van der Waals surface area contributed by atoms with Gasteiger partial charge in [0.2, 0.25) is 0 Å². The summed E-state index contributed by atoms with van der Waals surface area (Å²) < 4.78 is 14.8. The van der Waals surface area contributed by atoms with Crippen molar-refractivity contribution in [2.75, 3.05) is 20.8 Å². The Morgan fingerprint density at radius 3 is 2.87 bits per heavy atom. The van der Waals surface area contributed by atoms with Crippen molar-refractivity contribution in [3.05, 3.63) is 50.7 Å². The molecule has 6 nitrogen and oxygen atoms in total. The molecule has 158 valence electrons. The number of Topliss-reactive ketones (excluding diaryl/α,β-unsaturated/α-hetero) is 1. The van der Waals surface area contributed by atoms with E-state index in [9.17, 15) is 14.9 Å². The number of carbonyl (C=O) groups excluding carboxylic acids is 2. The fourth-order valence-corrected chi connectivity index (χ4v) is 5.18. The molecule has 0 saturated carbocycles. The molecule has 30 heavy (non-hydrogen) atoms. The maximum absolute atomic E-state index is 12.6. The molecule has 0 fully saturated rings. The summed E-state index contributed by atoms with van der Waals surface area (Å²) in [4.78, 5) is 25.8. The van der Waals surface area contributed by atoms with Crippen LogP contribution in [-0.4, -0.2) is 32.8 Å². The van der Waals surface area contributed by atoms with Crippen molar-refractivity contribution < 1.29 is 23.8 Å². The topological polar surface area (TPSA) is 85.6 Å². The van der Waals surface area contributed by atoms with Gasteiger partial charge in [-0.3, -0.25) is 4.79 Å². The van der Waals surface area contributed by atoms with Crippen LogP contribution in [0.1, 0.15) is 39.3 Å². The van der Waals surface area contributed by atoms with Crippen LogP contribution in [0.15, 0.2) is 24.3 Å². The molecule has 1 aliphatic carbocycles. The van der Waals surface area contributed by atoms with Gasteiger partial charge in [0.1, 0.15) is 17.6 Å². The average Bonchev–Trinajstić information content (AvgIpc) is 3.12. The van der Waals surface area contributed by atoms with E-state index in [-0.39, 0.29) is 18.1 Å². The molecule has 1 aromatic heterocycles. The standard InChI is InChI=1S/C23H25NO5S/c1-27-18-5-3-4-15(10-18)6-8-17(25)12-22-20(13-24)19-9-7-16(11-21(19)30-22)14-29-23(26)28-2/h3-5,10,16H,6-9,11-12,14H2,1-2H3. The van der Waals surface area contributed by atoms with Gasteiger partial charge in [0.25, 0.3) is 0 Å².